The van der Waals surface area contributed by atoms with E-state index >= 15 is 0 Å². The lowest BCUT2D eigenvalue weighted by Gasteiger charge is -2.19. The maximum Gasteiger partial charge on any atom is 0.338 e. The van der Waals surface area contributed by atoms with Gasteiger partial charge in [-0.05, 0) is 55.7 Å². The molecule has 7 nitrogen and oxygen atoms in total. The molecule has 2 aromatic carbocycles. The molecule has 0 radical (unpaired) electrons. The highest BCUT2D eigenvalue weighted by molar-refractivity contribution is 6.31. The molecule has 4 rings (SSSR count). The molecular weight excluding hydrogens is 432 g/mol. The number of carbonyl (C=O) groups excluding carboxylic acids is 4. The molecule has 2 atom stereocenters. The third-order valence-corrected chi connectivity index (χ3v) is 6.47. The summed E-state index contributed by atoms with van der Waals surface area (Å²) in [5.41, 5.74) is 1.75. The van der Waals surface area contributed by atoms with E-state index in [-0.39, 0.29) is 29.2 Å². The number of imide groups is 1. The van der Waals surface area contributed by atoms with Crippen LogP contribution in [0, 0.1) is 18.8 Å². The second-order valence-corrected chi connectivity index (χ2v) is 8.50. The van der Waals surface area contributed by atoms with E-state index in [9.17, 15) is 19.2 Å². The minimum Gasteiger partial charge on any atom is -0.452 e. The van der Waals surface area contributed by atoms with E-state index in [1.807, 2.05) is 0 Å². The fourth-order valence-electron chi connectivity index (χ4n) is 4.33. The van der Waals surface area contributed by atoms with Crippen molar-refractivity contribution in [1.82, 2.24) is 0 Å². The summed E-state index contributed by atoms with van der Waals surface area (Å²) in [7, 11) is 0. The van der Waals surface area contributed by atoms with Crippen LogP contribution in [0.3, 0.4) is 0 Å². The van der Waals surface area contributed by atoms with Crippen LogP contribution in [-0.2, 0) is 19.1 Å². The zero-order valence-electron chi connectivity index (χ0n) is 17.6. The Morgan fingerprint density at radius 2 is 1.72 bits per heavy atom. The molecule has 0 aromatic heterocycles. The highest BCUT2D eigenvalue weighted by Gasteiger charge is 2.48. The first-order valence-corrected chi connectivity index (χ1v) is 10.9. The van der Waals surface area contributed by atoms with Crippen LogP contribution in [0.4, 0.5) is 11.4 Å². The zero-order valence-corrected chi connectivity index (χ0v) is 18.4. The Morgan fingerprint density at radius 3 is 2.41 bits per heavy atom. The topological polar surface area (TPSA) is 92.8 Å². The van der Waals surface area contributed by atoms with Crippen LogP contribution < -0.4 is 10.2 Å². The number of hydrogen-bond donors (Lipinski definition) is 1. The first-order valence-electron chi connectivity index (χ1n) is 10.6. The van der Waals surface area contributed by atoms with Crippen LogP contribution in [0.25, 0.3) is 0 Å². The Balaban J connectivity index is 1.41. The SMILES string of the molecule is Cc1c(Cl)cccc1NC(=O)COC(=O)c1cccc(N2C(=O)[C@H]3CCCC[C@@H]3C2=O)c1. The lowest BCUT2D eigenvalue weighted by molar-refractivity contribution is -0.122. The van der Waals surface area contributed by atoms with E-state index in [4.69, 9.17) is 16.3 Å². The predicted octanol–water partition coefficient (Wildman–Crippen LogP) is 4.12. The third kappa shape index (κ3) is 4.25. The van der Waals surface area contributed by atoms with Crippen LogP contribution in [0.1, 0.15) is 41.6 Å². The van der Waals surface area contributed by atoms with Gasteiger partial charge in [0.05, 0.1) is 23.1 Å². The lowest BCUT2D eigenvalue weighted by Crippen LogP contribution is -2.31. The van der Waals surface area contributed by atoms with Gasteiger partial charge < -0.3 is 10.1 Å². The third-order valence-electron chi connectivity index (χ3n) is 6.06. The molecule has 2 fully saturated rings. The Labute approximate surface area is 190 Å². The Bertz CT molecular complexity index is 1080. The first-order chi connectivity index (χ1) is 15.4. The van der Waals surface area contributed by atoms with Crippen molar-refractivity contribution in [3.8, 4) is 0 Å². The molecule has 1 saturated carbocycles. The van der Waals surface area contributed by atoms with Crippen molar-refractivity contribution in [3.63, 3.8) is 0 Å². The van der Waals surface area contributed by atoms with Crippen LogP contribution >= 0.6 is 11.6 Å². The second kappa shape index (κ2) is 9.12. The smallest absolute Gasteiger partial charge is 0.338 e. The maximum absolute atomic E-state index is 12.8. The molecule has 1 aliphatic heterocycles. The minimum atomic E-state index is -0.721. The summed E-state index contributed by atoms with van der Waals surface area (Å²) in [6.07, 6.45) is 3.32. The molecule has 166 valence electrons. The molecule has 1 heterocycles. The van der Waals surface area contributed by atoms with Crippen molar-refractivity contribution < 1.29 is 23.9 Å². The van der Waals surface area contributed by atoms with E-state index in [1.54, 1.807) is 37.3 Å². The zero-order chi connectivity index (χ0) is 22.8. The molecule has 1 saturated heterocycles. The number of amides is 3. The highest BCUT2D eigenvalue weighted by Crippen LogP contribution is 2.40. The number of halogens is 1. The Hall–Kier alpha value is -3.19. The maximum atomic E-state index is 12.8. The van der Waals surface area contributed by atoms with Gasteiger partial charge in [-0.3, -0.25) is 19.3 Å². The van der Waals surface area contributed by atoms with Gasteiger partial charge in [0, 0.05) is 10.7 Å². The largest absolute Gasteiger partial charge is 0.452 e. The average molecular weight is 455 g/mol. The number of ether oxygens (including phenoxy) is 1. The summed E-state index contributed by atoms with van der Waals surface area (Å²) in [4.78, 5) is 51.5. The molecule has 0 unspecified atom stereocenters. The molecular formula is C24H23ClN2O5. The van der Waals surface area contributed by atoms with E-state index in [0.717, 1.165) is 12.8 Å². The van der Waals surface area contributed by atoms with E-state index in [1.165, 1.54) is 17.0 Å². The van der Waals surface area contributed by atoms with Gasteiger partial charge in [0.15, 0.2) is 6.61 Å². The Kier molecular flexibility index (Phi) is 6.28. The normalized spacial score (nSPS) is 20.1. The number of anilines is 2. The average Bonchev–Trinajstić information content (AvgIpc) is 3.05. The summed E-state index contributed by atoms with van der Waals surface area (Å²) in [5.74, 6) is -2.19. The van der Waals surface area contributed by atoms with Crippen molar-refractivity contribution in [2.45, 2.75) is 32.6 Å². The summed E-state index contributed by atoms with van der Waals surface area (Å²) in [6.45, 7) is 1.28. The summed E-state index contributed by atoms with van der Waals surface area (Å²) >= 11 is 6.05. The van der Waals surface area contributed by atoms with E-state index in [2.05, 4.69) is 5.32 Å². The van der Waals surface area contributed by atoms with Crippen LogP contribution in [0.2, 0.25) is 5.02 Å². The molecule has 2 aliphatic rings. The van der Waals surface area contributed by atoms with Crippen molar-refractivity contribution >= 4 is 46.7 Å². The molecule has 1 aliphatic carbocycles. The molecule has 2 aromatic rings. The minimum absolute atomic E-state index is 0.157. The summed E-state index contributed by atoms with van der Waals surface area (Å²) in [5, 5.41) is 3.17. The number of benzene rings is 2. The van der Waals surface area contributed by atoms with Gasteiger partial charge in [0.2, 0.25) is 11.8 Å². The van der Waals surface area contributed by atoms with Gasteiger partial charge in [-0.1, -0.05) is 36.6 Å². The molecule has 0 spiro atoms. The molecule has 3 amide bonds. The molecule has 8 heteroatoms. The van der Waals surface area contributed by atoms with E-state index < -0.39 is 18.5 Å². The van der Waals surface area contributed by atoms with Crippen LogP contribution in [0.5, 0.6) is 0 Å². The van der Waals surface area contributed by atoms with Gasteiger partial charge in [0.25, 0.3) is 5.91 Å². The lowest BCUT2D eigenvalue weighted by atomic mass is 9.81. The van der Waals surface area contributed by atoms with Crippen molar-refractivity contribution in [2.75, 3.05) is 16.8 Å². The molecule has 32 heavy (non-hydrogen) atoms. The van der Waals surface area contributed by atoms with Gasteiger partial charge in [-0.2, -0.15) is 0 Å². The van der Waals surface area contributed by atoms with Gasteiger partial charge in [-0.25, -0.2) is 4.79 Å². The monoisotopic (exact) mass is 454 g/mol. The van der Waals surface area contributed by atoms with Crippen molar-refractivity contribution in [2.24, 2.45) is 11.8 Å². The van der Waals surface area contributed by atoms with Gasteiger partial charge in [0.1, 0.15) is 0 Å². The van der Waals surface area contributed by atoms with Crippen LogP contribution in [0.15, 0.2) is 42.5 Å². The van der Waals surface area contributed by atoms with Crippen molar-refractivity contribution in [1.29, 1.82) is 0 Å². The highest BCUT2D eigenvalue weighted by atomic mass is 35.5. The number of rotatable bonds is 5. The first kappa shape index (κ1) is 22.0. The number of nitrogens with one attached hydrogen (secondary N) is 1. The standard InChI is InChI=1S/C24H23ClN2O5/c1-14-19(25)10-5-11-20(14)26-21(28)13-32-24(31)15-6-4-7-16(12-15)27-22(29)17-8-2-3-9-18(17)23(27)30/h4-7,10-12,17-18H,2-3,8-9,13H2,1H3,(H,26,28)/t17-,18-/m0/s1. The summed E-state index contributed by atoms with van der Waals surface area (Å²) < 4.78 is 5.13. The summed E-state index contributed by atoms with van der Waals surface area (Å²) in [6, 6.07) is 11.3. The quantitative estimate of drug-likeness (QED) is 0.541. The number of esters is 1. The second-order valence-electron chi connectivity index (χ2n) is 8.10. The van der Waals surface area contributed by atoms with E-state index in [0.29, 0.717) is 34.8 Å². The van der Waals surface area contributed by atoms with Gasteiger partial charge in [-0.15, -0.1) is 0 Å². The Morgan fingerprint density at radius 1 is 1.06 bits per heavy atom. The molecule has 0 bridgehead atoms. The number of hydrogen-bond acceptors (Lipinski definition) is 5. The number of carbonyl (C=O) groups is 4. The molecule has 1 N–H and O–H groups in total. The number of nitrogens with zero attached hydrogens (tertiary/aromatic N) is 1. The van der Waals surface area contributed by atoms with Gasteiger partial charge >= 0.3 is 5.97 Å². The number of fused-ring (bicyclic) bond motifs is 1. The fraction of sp³-hybridized carbons (Fsp3) is 0.333. The van der Waals surface area contributed by atoms with Crippen molar-refractivity contribution in [3.05, 3.63) is 58.6 Å². The fourth-order valence-corrected chi connectivity index (χ4v) is 4.51. The predicted molar refractivity (Wildman–Crippen MR) is 119 cm³/mol. The van der Waals surface area contributed by atoms with Crippen LogP contribution in [-0.4, -0.2) is 30.3 Å².